The Morgan fingerprint density at radius 1 is 1.36 bits per heavy atom. The van der Waals surface area contributed by atoms with Crippen LogP contribution in [0.2, 0.25) is 0 Å². The molecule has 2 fully saturated rings. The highest BCUT2D eigenvalue weighted by molar-refractivity contribution is 7.99. The zero-order chi connectivity index (χ0) is 17.5. The molecule has 1 atom stereocenters. The van der Waals surface area contributed by atoms with Gasteiger partial charge in [-0.1, -0.05) is 12.1 Å². The Morgan fingerprint density at radius 3 is 2.92 bits per heavy atom. The highest BCUT2D eigenvalue weighted by atomic mass is 32.2. The molecule has 2 aliphatic heterocycles. The van der Waals surface area contributed by atoms with Crippen LogP contribution in [0.4, 0.5) is 0 Å². The van der Waals surface area contributed by atoms with Gasteiger partial charge in [0.1, 0.15) is 0 Å². The van der Waals surface area contributed by atoms with Gasteiger partial charge in [0.15, 0.2) is 5.82 Å². The number of aryl methyl sites for hydroxylation is 2. The van der Waals surface area contributed by atoms with E-state index >= 15 is 0 Å². The van der Waals surface area contributed by atoms with Crippen LogP contribution in [0.1, 0.15) is 37.9 Å². The number of carbonyl (C=O) groups is 1. The molecular weight excluding hydrogens is 340 g/mol. The topological polar surface area (TPSA) is 80.5 Å². The minimum atomic E-state index is 0.0553. The van der Waals surface area contributed by atoms with Gasteiger partial charge in [-0.2, -0.15) is 16.7 Å². The van der Waals surface area contributed by atoms with Gasteiger partial charge in [0.2, 0.25) is 11.8 Å². The summed E-state index contributed by atoms with van der Waals surface area (Å²) in [7, 11) is 0. The first-order chi connectivity index (χ1) is 12.2. The van der Waals surface area contributed by atoms with Crippen molar-refractivity contribution in [1.29, 1.82) is 0 Å². The van der Waals surface area contributed by atoms with Gasteiger partial charge in [-0.25, -0.2) is 0 Å². The summed E-state index contributed by atoms with van der Waals surface area (Å²) in [6.07, 6.45) is 3.82. The van der Waals surface area contributed by atoms with E-state index in [2.05, 4.69) is 27.3 Å². The van der Waals surface area contributed by atoms with Crippen LogP contribution in [0.5, 0.6) is 0 Å². The third kappa shape index (κ3) is 4.95. The molecule has 1 aromatic rings. The lowest BCUT2D eigenvalue weighted by Crippen LogP contribution is -2.59. The number of thioether (sulfide) groups is 1. The highest BCUT2D eigenvalue weighted by Crippen LogP contribution is 2.33. The second-order valence-corrected chi connectivity index (χ2v) is 7.86. The van der Waals surface area contributed by atoms with E-state index < -0.39 is 0 Å². The zero-order valence-corrected chi connectivity index (χ0v) is 15.8. The highest BCUT2D eigenvalue weighted by Gasteiger charge is 2.40. The number of amides is 1. The van der Waals surface area contributed by atoms with Crippen molar-refractivity contribution >= 4 is 17.7 Å². The van der Waals surface area contributed by atoms with E-state index in [4.69, 9.17) is 9.26 Å². The summed E-state index contributed by atoms with van der Waals surface area (Å²) in [6.45, 7) is 6.28. The monoisotopic (exact) mass is 368 g/mol. The van der Waals surface area contributed by atoms with Crippen LogP contribution in [0.25, 0.3) is 0 Å². The second-order valence-electron chi connectivity index (χ2n) is 6.76. The molecule has 0 saturated carbocycles. The van der Waals surface area contributed by atoms with Crippen molar-refractivity contribution in [1.82, 2.24) is 20.4 Å². The number of morpholine rings is 1. The molecule has 2 aliphatic rings. The Labute approximate surface area is 153 Å². The minimum Gasteiger partial charge on any atom is -0.379 e. The largest absolute Gasteiger partial charge is 0.379 e. The molecule has 2 saturated heterocycles. The molecule has 0 radical (unpaired) electrons. The van der Waals surface area contributed by atoms with Crippen molar-refractivity contribution in [2.75, 3.05) is 44.4 Å². The van der Waals surface area contributed by atoms with Crippen LogP contribution in [-0.4, -0.2) is 70.8 Å². The van der Waals surface area contributed by atoms with Gasteiger partial charge in [0.05, 0.1) is 13.2 Å². The molecule has 3 heterocycles. The normalized spacial score (nSPS) is 24.5. The van der Waals surface area contributed by atoms with Crippen LogP contribution in [0, 0.1) is 0 Å². The number of aromatic nitrogens is 2. The van der Waals surface area contributed by atoms with Crippen molar-refractivity contribution in [3.63, 3.8) is 0 Å². The number of nitrogens with zero attached hydrogens (tertiary/aromatic N) is 3. The standard InChI is InChI=1S/C17H28N4O3S/c1-2-3-14-19-16(24-20-14)5-4-15(22)18-12-17(6-11-25-13-17)21-7-9-23-10-8-21/h2-13H2,1H3,(H,18,22). The van der Waals surface area contributed by atoms with Gasteiger partial charge in [0.25, 0.3) is 0 Å². The summed E-state index contributed by atoms with van der Waals surface area (Å²) < 4.78 is 10.7. The summed E-state index contributed by atoms with van der Waals surface area (Å²) in [6, 6.07) is 0. The van der Waals surface area contributed by atoms with Crippen LogP contribution in [0.3, 0.4) is 0 Å². The van der Waals surface area contributed by atoms with Crippen LogP contribution >= 0.6 is 11.8 Å². The molecule has 3 rings (SSSR count). The molecule has 1 unspecified atom stereocenters. The molecule has 8 heteroatoms. The summed E-state index contributed by atoms with van der Waals surface area (Å²) in [5.74, 6) is 3.58. The summed E-state index contributed by atoms with van der Waals surface area (Å²) in [5, 5.41) is 7.07. The van der Waals surface area contributed by atoms with E-state index in [0.717, 1.165) is 62.9 Å². The number of rotatable bonds is 8. The zero-order valence-electron chi connectivity index (χ0n) is 15.0. The van der Waals surface area contributed by atoms with E-state index in [1.807, 2.05) is 11.8 Å². The Morgan fingerprint density at radius 2 is 2.20 bits per heavy atom. The molecule has 7 nitrogen and oxygen atoms in total. The Kier molecular flexibility index (Phi) is 6.72. The third-order valence-corrected chi connectivity index (χ3v) is 6.16. The molecule has 0 spiro atoms. The van der Waals surface area contributed by atoms with Gasteiger partial charge < -0.3 is 14.6 Å². The maximum absolute atomic E-state index is 12.3. The SMILES string of the molecule is CCCc1noc(CCC(=O)NCC2(N3CCOCC3)CCSC2)n1. The van der Waals surface area contributed by atoms with Crippen molar-refractivity contribution in [2.45, 2.75) is 44.6 Å². The average molecular weight is 369 g/mol. The fourth-order valence-corrected chi connectivity index (χ4v) is 4.90. The number of hydrogen-bond donors (Lipinski definition) is 1. The van der Waals surface area contributed by atoms with Crippen LogP contribution < -0.4 is 5.32 Å². The van der Waals surface area contributed by atoms with E-state index in [0.29, 0.717) is 25.3 Å². The Hall–Kier alpha value is -1.12. The van der Waals surface area contributed by atoms with Crippen molar-refractivity contribution in [2.24, 2.45) is 0 Å². The number of ether oxygens (including phenoxy) is 1. The molecule has 0 aliphatic carbocycles. The van der Waals surface area contributed by atoms with Crippen molar-refractivity contribution < 1.29 is 14.1 Å². The first kappa shape index (κ1) is 18.7. The van der Waals surface area contributed by atoms with Gasteiger partial charge in [-0.05, 0) is 18.6 Å². The molecule has 1 N–H and O–H groups in total. The molecule has 140 valence electrons. The third-order valence-electron chi connectivity index (χ3n) is 4.93. The number of carbonyl (C=O) groups excluding carboxylic acids is 1. The summed E-state index contributed by atoms with van der Waals surface area (Å²) in [4.78, 5) is 19.1. The van der Waals surface area contributed by atoms with E-state index in [9.17, 15) is 4.79 Å². The first-order valence-electron chi connectivity index (χ1n) is 9.20. The second kappa shape index (κ2) is 9.00. The average Bonchev–Trinajstić information content (AvgIpc) is 3.30. The van der Waals surface area contributed by atoms with E-state index in [1.165, 1.54) is 0 Å². The molecule has 25 heavy (non-hydrogen) atoms. The van der Waals surface area contributed by atoms with E-state index in [1.54, 1.807) is 0 Å². The number of nitrogens with one attached hydrogen (secondary N) is 1. The maximum atomic E-state index is 12.3. The molecule has 0 bridgehead atoms. The molecule has 0 aromatic carbocycles. The fraction of sp³-hybridized carbons (Fsp3) is 0.824. The summed E-state index contributed by atoms with van der Waals surface area (Å²) in [5.41, 5.74) is 0.0862. The quantitative estimate of drug-likeness (QED) is 0.740. The van der Waals surface area contributed by atoms with Gasteiger partial charge in [-0.3, -0.25) is 9.69 Å². The predicted octanol–water partition coefficient (Wildman–Crippen LogP) is 1.28. The lowest BCUT2D eigenvalue weighted by atomic mass is 9.95. The minimum absolute atomic E-state index is 0.0553. The first-order valence-corrected chi connectivity index (χ1v) is 10.4. The maximum Gasteiger partial charge on any atom is 0.227 e. The fourth-order valence-electron chi connectivity index (χ4n) is 3.42. The van der Waals surface area contributed by atoms with Crippen molar-refractivity contribution in [3.8, 4) is 0 Å². The van der Waals surface area contributed by atoms with Gasteiger partial charge in [-0.15, -0.1) is 0 Å². The van der Waals surface area contributed by atoms with Gasteiger partial charge >= 0.3 is 0 Å². The number of hydrogen-bond acceptors (Lipinski definition) is 7. The van der Waals surface area contributed by atoms with E-state index in [-0.39, 0.29) is 11.4 Å². The Bertz CT molecular complexity index is 554. The van der Waals surface area contributed by atoms with Crippen molar-refractivity contribution in [3.05, 3.63) is 11.7 Å². The smallest absolute Gasteiger partial charge is 0.227 e. The Balaban J connectivity index is 1.46. The van der Waals surface area contributed by atoms with Gasteiger partial charge in [0, 0.05) is 50.2 Å². The molecule has 1 amide bonds. The summed E-state index contributed by atoms with van der Waals surface area (Å²) >= 11 is 1.98. The molecule has 1 aromatic heterocycles. The lowest BCUT2D eigenvalue weighted by Gasteiger charge is -2.43. The van der Waals surface area contributed by atoms with Crippen LogP contribution in [0.15, 0.2) is 4.52 Å². The molecular formula is C17H28N4O3S. The van der Waals surface area contributed by atoms with Crippen LogP contribution in [-0.2, 0) is 22.4 Å². The predicted molar refractivity (Wildman–Crippen MR) is 96.7 cm³/mol. The lowest BCUT2D eigenvalue weighted by molar-refractivity contribution is -0.122.